The molecule has 0 spiro atoms. The van der Waals surface area contributed by atoms with Gasteiger partial charge in [-0.15, -0.1) is 0 Å². The van der Waals surface area contributed by atoms with E-state index in [1.54, 1.807) is 6.07 Å². The molecule has 1 heterocycles. The molecule has 0 saturated heterocycles. The zero-order valence-corrected chi connectivity index (χ0v) is 12.4. The van der Waals surface area contributed by atoms with Gasteiger partial charge in [0.25, 0.3) is 0 Å². The second-order valence-corrected chi connectivity index (χ2v) is 5.34. The molecule has 0 amide bonds. The number of nitrogen functional groups attached to an aromatic ring is 1. The largest absolute Gasteiger partial charge is 0.374 e. The predicted octanol–water partition coefficient (Wildman–Crippen LogP) is 2.11. The molecule has 1 aromatic rings. The van der Waals surface area contributed by atoms with E-state index >= 15 is 0 Å². The summed E-state index contributed by atoms with van der Waals surface area (Å²) in [5.41, 5.74) is 2.32. The van der Waals surface area contributed by atoms with E-state index in [-0.39, 0.29) is 11.5 Å². The lowest BCUT2D eigenvalue weighted by molar-refractivity contribution is 0.000638. The summed E-state index contributed by atoms with van der Waals surface area (Å²) in [5.74, 6) is 7.78. The van der Waals surface area contributed by atoms with Crippen molar-refractivity contribution in [1.82, 2.24) is 9.97 Å². The SMILES string of the molecule is CCOC(C)(C)CNc1cc(NN)nc(C(C)C)n1. The van der Waals surface area contributed by atoms with Crippen molar-refractivity contribution < 1.29 is 4.74 Å². The minimum absolute atomic E-state index is 0.242. The molecule has 0 radical (unpaired) electrons. The smallest absolute Gasteiger partial charge is 0.145 e. The molecule has 1 rings (SSSR count). The Bertz CT molecular complexity index is 406. The highest BCUT2D eigenvalue weighted by Gasteiger charge is 2.18. The maximum atomic E-state index is 5.64. The monoisotopic (exact) mass is 267 g/mol. The molecule has 108 valence electrons. The molecule has 0 atom stereocenters. The molecule has 0 aliphatic heterocycles. The Labute approximate surface area is 115 Å². The van der Waals surface area contributed by atoms with Crippen LogP contribution in [0.1, 0.15) is 46.4 Å². The van der Waals surface area contributed by atoms with Crippen molar-refractivity contribution in [1.29, 1.82) is 0 Å². The Morgan fingerprint density at radius 2 is 1.95 bits per heavy atom. The first-order chi connectivity index (χ1) is 8.88. The molecule has 4 N–H and O–H groups in total. The topological polar surface area (TPSA) is 85.1 Å². The first kappa shape index (κ1) is 15.7. The van der Waals surface area contributed by atoms with E-state index in [9.17, 15) is 0 Å². The second-order valence-electron chi connectivity index (χ2n) is 5.34. The molecule has 0 bridgehead atoms. The van der Waals surface area contributed by atoms with Gasteiger partial charge in [-0.3, -0.25) is 0 Å². The van der Waals surface area contributed by atoms with Gasteiger partial charge in [-0.25, -0.2) is 15.8 Å². The third kappa shape index (κ3) is 5.00. The molecule has 1 aromatic heterocycles. The van der Waals surface area contributed by atoms with Gasteiger partial charge in [0.15, 0.2) is 0 Å². The van der Waals surface area contributed by atoms with Crippen molar-refractivity contribution >= 4 is 11.6 Å². The zero-order valence-electron chi connectivity index (χ0n) is 12.4. The minimum Gasteiger partial charge on any atom is -0.374 e. The van der Waals surface area contributed by atoms with Crippen molar-refractivity contribution in [3.63, 3.8) is 0 Å². The number of nitrogens with zero attached hydrogens (tertiary/aromatic N) is 2. The van der Waals surface area contributed by atoms with Crippen LogP contribution in [0.3, 0.4) is 0 Å². The summed E-state index contributed by atoms with van der Waals surface area (Å²) in [6.07, 6.45) is 0. The first-order valence-corrected chi connectivity index (χ1v) is 6.61. The molecule has 0 saturated carbocycles. The molecule has 19 heavy (non-hydrogen) atoms. The lowest BCUT2D eigenvalue weighted by Crippen LogP contribution is -2.33. The van der Waals surface area contributed by atoms with Crippen LogP contribution >= 0.6 is 0 Å². The highest BCUT2D eigenvalue weighted by Crippen LogP contribution is 2.17. The zero-order chi connectivity index (χ0) is 14.5. The van der Waals surface area contributed by atoms with E-state index in [2.05, 4.69) is 20.7 Å². The summed E-state index contributed by atoms with van der Waals surface area (Å²) in [6.45, 7) is 11.5. The Hall–Kier alpha value is -1.40. The van der Waals surface area contributed by atoms with Crippen molar-refractivity contribution in [3.05, 3.63) is 11.9 Å². The van der Waals surface area contributed by atoms with Crippen molar-refractivity contribution in [2.75, 3.05) is 23.9 Å². The highest BCUT2D eigenvalue weighted by atomic mass is 16.5. The van der Waals surface area contributed by atoms with E-state index in [4.69, 9.17) is 10.6 Å². The summed E-state index contributed by atoms with van der Waals surface area (Å²) < 4.78 is 5.64. The van der Waals surface area contributed by atoms with Gasteiger partial charge in [0.05, 0.1) is 5.60 Å². The molecular weight excluding hydrogens is 242 g/mol. The Kier molecular flexibility index (Phi) is 5.50. The van der Waals surface area contributed by atoms with E-state index in [1.807, 2.05) is 34.6 Å². The summed E-state index contributed by atoms with van der Waals surface area (Å²) in [5, 5.41) is 3.27. The average molecular weight is 267 g/mol. The standard InChI is InChI=1S/C13H25N5O/c1-6-19-13(4,5)8-15-10-7-11(18-14)17-12(16-10)9(2)3/h7,9H,6,8,14H2,1-5H3,(H2,15,16,17,18). The van der Waals surface area contributed by atoms with Crippen LogP contribution in [-0.2, 0) is 4.74 Å². The van der Waals surface area contributed by atoms with E-state index in [0.717, 1.165) is 11.6 Å². The molecule has 6 nitrogen and oxygen atoms in total. The lowest BCUT2D eigenvalue weighted by atomic mass is 10.1. The number of nitrogens with one attached hydrogen (secondary N) is 2. The number of hydrazine groups is 1. The van der Waals surface area contributed by atoms with Gasteiger partial charge >= 0.3 is 0 Å². The summed E-state index contributed by atoms with van der Waals surface area (Å²) in [7, 11) is 0. The third-order valence-corrected chi connectivity index (χ3v) is 2.64. The van der Waals surface area contributed by atoms with Crippen LogP contribution in [0.2, 0.25) is 0 Å². The number of hydrogen-bond donors (Lipinski definition) is 3. The molecule has 0 fully saturated rings. The summed E-state index contributed by atoms with van der Waals surface area (Å²) >= 11 is 0. The fourth-order valence-corrected chi connectivity index (χ4v) is 1.63. The van der Waals surface area contributed by atoms with E-state index < -0.39 is 0 Å². The van der Waals surface area contributed by atoms with Crippen LogP contribution in [0.15, 0.2) is 6.07 Å². The number of nitrogens with two attached hydrogens (primary N) is 1. The number of rotatable bonds is 7. The van der Waals surface area contributed by atoms with Crippen LogP contribution < -0.4 is 16.6 Å². The number of hydrogen-bond acceptors (Lipinski definition) is 6. The second kappa shape index (κ2) is 6.68. The Morgan fingerprint density at radius 3 is 2.47 bits per heavy atom. The van der Waals surface area contributed by atoms with Gasteiger partial charge in [0, 0.05) is 25.1 Å². The molecule has 0 unspecified atom stereocenters. The van der Waals surface area contributed by atoms with Crippen molar-refractivity contribution in [2.24, 2.45) is 5.84 Å². The first-order valence-electron chi connectivity index (χ1n) is 6.61. The van der Waals surface area contributed by atoms with Gasteiger partial charge < -0.3 is 15.5 Å². The minimum atomic E-state index is -0.242. The molecule has 0 aliphatic rings. The van der Waals surface area contributed by atoms with Gasteiger partial charge in [-0.1, -0.05) is 13.8 Å². The van der Waals surface area contributed by atoms with E-state index in [1.165, 1.54) is 0 Å². The lowest BCUT2D eigenvalue weighted by Gasteiger charge is -2.25. The number of anilines is 2. The highest BCUT2D eigenvalue weighted by molar-refractivity contribution is 5.47. The fraction of sp³-hybridized carbons (Fsp3) is 0.692. The fourth-order valence-electron chi connectivity index (χ4n) is 1.63. The van der Waals surface area contributed by atoms with Gasteiger partial charge in [0.1, 0.15) is 17.5 Å². The summed E-state index contributed by atoms with van der Waals surface area (Å²) in [4.78, 5) is 8.78. The van der Waals surface area contributed by atoms with Crippen LogP contribution in [0.25, 0.3) is 0 Å². The average Bonchev–Trinajstić information content (AvgIpc) is 2.36. The van der Waals surface area contributed by atoms with E-state index in [0.29, 0.717) is 19.0 Å². The number of ether oxygens (including phenoxy) is 1. The maximum Gasteiger partial charge on any atom is 0.145 e. The number of aromatic nitrogens is 2. The van der Waals surface area contributed by atoms with Crippen molar-refractivity contribution in [3.8, 4) is 0 Å². The van der Waals surface area contributed by atoms with Gasteiger partial charge in [-0.2, -0.15) is 0 Å². The van der Waals surface area contributed by atoms with Crippen LogP contribution in [0, 0.1) is 0 Å². The van der Waals surface area contributed by atoms with Gasteiger partial charge in [0.2, 0.25) is 0 Å². The molecular formula is C13H25N5O. The van der Waals surface area contributed by atoms with Crippen LogP contribution in [0.5, 0.6) is 0 Å². The molecule has 0 aromatic carbocycles. The molecule has 0 aliphatic carbocycles. The van der Waals surface area contributed by atoms with Gasteiger partial charge in [-0.05, 0) is 20.8 Å². The van der Waals surface area contributed by atoms with Crippen LogP contribution in [0.4, 0.5) is 11.6 Å². The Morgan fingerprint density at radius 1 is 1.32 bits per heavy atom. The summed E-state index contributed by atoms with van der Waals surface area (Å²) in [6, 6.07) is 1.79. The van der Waals surface area contributed by atoms with Crippen molar-refractivity contribution in [2.45, 2.75) is 46.1 Å². The maximum absolute atomic E-state index is 5.64. The quantitative estimate of drug-likeness (QED) is 0.518. The normalized spacial score (nSPS) is 11.7. The third-order valence-electron chi connectivity index (χ3n) is 2.64. The Balaban J connectivity index is 2.80. The predicted molar refractivity (Wildman–Crippen MR) is 78.1 cm³/mol. The molecule has 6 heteroatoms. The van der Waals surface area contributed by atoms with Crippen LogP contribution in [-0.4, -0.2) is 28.7 Å².